The normalized spacial score (nSPS) is 32.9. The molecule has 0 aliphatic heterocycles. The highest BCUT2D eigenvalue weighted by Crippen LogP contribution is 2.44. The molecule has 0 heterocycles. The number of ketones is 1. The summed E-state index contributed by atoms with van der Waals surface area (Å²) in [6.45, 7) is 4.41. The van der Waals surface area contributed by atoms with Crippen LogP contribution in [0.2, 0.25) is 0 Å². The summed E-state index contributed by atoms with van der Waals surface area (Å²) in [5.41, 5.74) is 3.05. The number of Topliss-reactive ketones (excluding diaryl/α,β-unsaturated/α-hetero) is 1. The zero-order valence-corrected chi connectivity index (χ0v) is 8.60. The minimum absolute atomic E-state index is 0.312. The first-order valence-corrected chi connectivity index (χ1v) is 5.46. The molecule has 2 atom stereocenters. The predicted octanol–water partition coefficient (Wildman–Crippen LogP) is 3.10. The molecule has 0 saturated heterocycles. The molecule has 1 saturated carbocycles. The molecule has 0 N–H and O–H groups in total. The van der Waals surface area contributed by atoms with Crippen molar-refractivity contribution in [1.82, 2.24) is 0 Å². The summed E-state index contributed by atoms with van der Waals surface area (Å²) in [6, 6.07) is 0. The number of allylic oxidation sites excluding steroid dienone is 2. The van der Waals surface area contributed by atoms with E-state index in [1.807, 2.05) is 0 Å². The van der Waals surface area contributed by atoms with Crippen molar-refractivity contribution in [1.29, 1.82) is 0 Å². The van der Waals surface area contributed by atoms with Crippen LogP contribution in [0.4, 0.5) is 0 Å². The van der Waals surface area contributed by atoms with Gasteiger partial charge in [-0.05, 0) is 32.1 Å². The first-order chi connectivity index (χ1) is 6.24. The third-order valence-corrected chi connectivity index (χ3v) is 3.68. The summed E-state index contributed by atoms with van der Waals surface area (Å²) >= 11 is 0. The Morgan fingerprint density at radius 3 is 2.69 bits per heavy atom. The summed E-state index contributed by atoms with van der Waals surface area (Å²) < 4.78 is 0. The van der Waals surface area contributed by atoms with Gasteiger partial charge in [-0.3, -0.25) is 4.79 Å². The van der Waals surface area contributed by atoms with E-state index in [1.165, 1.54) is 24.8 Å². The third kappa shape index (κ3) is 1.34. The highest BCUT2D eigenvalue weighted by Gasteiger charge is 2.37. The second kappa shape index (κ2) is 3.28. The van der Waals surface area contributed by atoms with Crippen LogP contribution in [-0.2, 0) is 4.79 Å². The number of carbonyl (C=O) groups is 1. The van der Waals surface area contributed by atoms with Gasteiger partial charge in [0, 0.05) is 12.3 Å². The summed E-state index contributed by atoms with van der Waals surface area (Å²) in [6.07, 6.45) is 5.69. The van der Waals surface area contributed by atoms with Gasteiger partial charge in [-0.2, -0.15) is 0 Å². The summed E-state index contributed by atoms with van der Waals surface area (Å²) in [4.78, 5) is 11.6. The van der Waals surface area contributed by atoms with Gasteiger partial charge in [-0.1, -0.05) is 24.5 Å². The smallest absolute Gasteiger partial charge is 0.140 e. The van der Waals surface area contributed by atoms with E-state index in [1.54, 1.807) is 5.57 Å². The van der Waals surface area contributed by atoms with Gasteiger partial charge in [0.2, 0.25) is 0 Å². The molecule has 0 radical (unpaired) electrons. The van der Waals surface area contributed by atoms with Crippen molar-refractivity contribution < 1.29 is 4.79 Å². The Balaban J connectivity index is 2.29. The molecule has 0 aromatic rings. The van der Waals surface area contributed by atoms with Crippen molar-refractivity contribution in [3.63, 3.8) is 0 Å². The van der Waals surface area contributed by atoms with Crippen molar-refractivity contribution in [2.45, 2.75) is 46.0 Å². The Bertz CT molecular complexity index is 262. The van der Waals surface area contributed by atoms with Crippen LogP contribution in [0.5, 0.6) is 0 Å². The van der Waals surface area contributed by atoms with E-state index in [0.29, 0.717) is 17.6 Å². The van der Waals surface area contributed by atoms with Crippen LogP contribution in [0, 0.1) is 11.8 Å². The zero-order valence-electron chi connectivity index (χ0n) is 8.60. The molecular weight excluding hydrogens is 160 g/mol. The van der Waals surface area contributed by atoms with Gasteiger partial charge in [-0.25, -0.2) is 0 Å². The maximum atomic E-state index is 11.6. The van der Waals surface area contributed by atoms with Crippen LogP contribution < -0.4 is 0 Å². The maximum Gasteiger partial charge on any atom is 0.140 e. The molecule has 0 unspecified atom stereocenters. The second-order valence-electron chi connectivity index (χ2n) is 4.46. The standard InChI is InChI=1S/C12H18O/c1-3-4-10-8(2)11-6-5-9(10)7-12(11)13/h9,11H,3-7H2,1-2H3/t9-,11-/m1/s1. The predicted molar refractivity (Wildman–Crippen MR) is 53.4 cm³/mol. The van der Waals surface area contributed by atoms with Crippen LogP contribution in [0.1, 0.15) is 46.0 Å². The Hall–Kier alpha value is -0.590. The fraction of sp³-hybridized carbons (Fsp3) is 0.750. The van der Waals surface area contributed by atoms with Gasteiger partial charge in [0.1, 0.15) is 5.78 Å². The zero-order chi connectivity index (χ0) is 9.42. The van der Waals surface area contributed by atoms with Gasteiger partial charge in [0.15, 0.2) is 0 Å². The van der Waals surface area contributed by atoms with Crippen molar-refractivity contribution in [3.8, 4) is 0 Å². The lowest BCUT2D eigenvalue weighted by atomic mass is 9.66. The van der Waals surface area contributed by atoms with Crippen molar-refractivity contribution >= 4 is 5.78 Å². The monoisotopic (exact) mass is 178 g/mol. The quantitative estimate of drug-likeness (QED) is 0.594. The number of carbonyl (C=O) groups excluding carboxylic acids is 1. The average Bonchev–Trinajstić information content (AvgIpc) is 2.11. The number of hydrogen-bond acceptors (Lipinski definition) is 1. The third-order valence-electron chi connectivity index (χ3n) is 3.68. The minimum Gasteiger partial charge on any atom is -0.299 e. The van der Waals surface area contributed by atoms with E-state index in [2.05, 4.69) is 13.8 Å². The fourth-order valence-electron chi connectivity index (χ4n) is 2.99. The van der Waals surface area contributed by atoms with E-state index in [-0.39, 0.29) is 0 Å². The minimum atomic E-state index is 0.312. The van der Waals surface area contributed by atoms with Crippen LogP contribution in [0.3, 0.4) is 0 Å². The van der Waals surface area contributed by atoms with Crippen molar-refractivity contribution in [3.05, 3.63) is 11.1 Å². The Labute approximate surface area is 80.2 Å². The highest BCUT2D eigenvalue weighted by molar-refractivity contribution is 5.86. The van der Waals surface area contributed by atoms with Crippen LogP contribution >= 0.6 is 0 Å². The molecule has 1 heteroatoms. The number of hydrogen-bond donors (Lipinski definition) is 0. The molecule has 72 valence electrons. The fourth-order valence-corrected chi connectivity index (χ4v) is 2.99. The first-order valence-electron chi connectivity index (χ1n) is 5.46. The van der Waals surface area contributed by atoms with Gasteiger partial charge >= 0.3 is 0 Å². The van der Waals surface area contributed by atoms with Gasteiger partial charge in [0.05, 0.1) is 0 Å². The number of fused-ring (bicyclic) bond motifs is 2. The molecule has 0 aromatic carbocycles. The van der Waals surface area contributed by atoms with Gasteiger partial charge in [0.25, 0.3) is 0 Å². The van der Waals surface area contributed by atoms with Crippen LogP contribution in [-0.4, -0.2) is 5.78 Å². The van der Waals surface area contributed by atoms with E-state index in [0.717, 1.165) is 12.8 Å². The lowest BCUT2D eigenvalue weighted by molar-refractivity contribution is -0.125. The SMILES string of the molecule is CCCC1=C(C)[C@H]2CC[C@@H]1CC2=O. The van der Waals surface area contributed by atoms with Crippen molar-refractivity contribution in [2.24, 2.45) is 11.8 Å². The Morgan fingerprint density at radius 2 is 2.15 bits per heavy atom. The molecule has 0 aromatic heterocycles. The summed E-state index contributed by atoms with van der Waals surface area (Å²) in [5.74, 6) is 1.44. The average molecular weight is 178 g/mol. The molecular formula is C12H18O. The van der Waals surface area contributed by atoms with E-state index in [4.69, 9.17) is 0 Å². The Morgan fingerprint density at radius 1 is 1.38 bits per heavy atom. The molecule has 3 aliphatic carbocycles. The summed E-state index contributed by atoms with van der Waals surface area (Å²) in [7, 11) is 0. The van der Waals surface area contributed by atoms with Gasteiger partial charge < -0.3 is 0 Å². The lowest BCUT2D eigenvalue weighted by Crippen LogP contribution is -2.33. The Kier molecular flexibility index (Phi) is 2.27. The molecule has 1 nitrogen and oxygen atoms in total. The second-order valence-corrected chi connectivity index (χ2v) is 4.46. The van der Waals surface area contributed by atoms with Crippen molar-refractivity contribution in [2.75, 3.05) is 0 Å². The van der Waals surface area contributed by atoms with Gasteiger partial charge in [-0.15, -0.1) is 0 Å². The topological polar surface area (TPSA) is 17.1 Å². The van der Waals surface area contributed by atoms with Crippen LogP contribution in [0.15, 0.2) is 11.1 Å². The number of rotatable bonds is 2. The largest absolute Gasteiger partial charge is 0.299 e. The molecule has 0 amide bonds. The maximum absolute atomic E-state index is 11.6. The molecule has 2 bridgehead atoms. The highest BCUT2D eigenvalue weighted by atomic mass is 16.1. The first kappa shape index (κ1) is 8.98. The molecule has 1 fully saturated rings. The molecule has 0 spiro atoms. The van der Waals surface area contributed by atoms with E-state index >= 15 is 0 Å². The molecule has 13 heavy (non-hydrogen) atoms. The summed E-state index contributed by atoms with van der Waals surface area (Å²) in [5, 5.41) is 0. The lowest BCUT2D eigenvalue weighted by Gasteiger charge is -2.38. The molecule has 3 rings (SSSR count). The van der Waals surface area contributed by atoms with E-state index < -0.39 is 0 Å². The van der Waals surface area contributed by atoms with E-state index in [9.17, 15) is 4.79 Å². The molecule has 3 aliphatic rings. The van der Waals surface area contributed by atoms with Crippen LogP contribution in [0.25, 0.3) is 0 Å².